The van der Waals surface area contributed by atoms with Gasteiger partial charge in [-0.05, 0) is 38.1 Å². The molecule has 0 aromatic carbocycles. The number of aryl methyl sites for hydroxylation is 2. The fraction of sp³-hybridized carbons (Fsp3) is 0.857. The van der Waals surface area contributed by atoms with Crippen LogP contribution in [0, 0.1) is 5.92 Å². The van der Waals surface area contributed by atoms with Crippen LogP contribution in [-0.4, -0.2) is 21.5 Å². The summed E-state index contributed by atoms with van der Waals surface area (Å²) >= 11 is 0. The molecule has 2 N–H and O–H groups in total. The molecule has 18 heavy (non-hydrogen) atoms. The highest BCUT2D eigenvalue weighted by atomic mass is 15.4. The third-order valence-corrected chi connectivity index (χ3v) is 3.14. The molecular weight excluding hydrogens is 224 g/mol. The normalized spacial score (nSPS) is 11.3. The molecule has 0 spiro atoms. The van der Waals surface area contributed by atoms with Gasteiger partial charge in [0, 0.05) is 12.7 Å². The molecule has 1 aromatic heterocycles. The van der Waals surface area contributed by atoms with E-state index >= 15 is 0 Å². The Labute approximate surface area is 111 Å². The molecule has 0 unspecified atom stereocenters. The van der Waals surface area contributed by atoms with Crippen LogP contribution in [0.25, 0.3) is 0 Å². The Hall–Kier alpha value is -0.900. The maximum absolute atomic E-state index is 5.47. The summed E-state index contributed by atoms with van der Waals surface area (Å²) in [5.41, 5.74) is 6.60. The van der Waals surface area contributed by atoms with Crippen molar-refractivity contribution in [3.63, 3.8) is 0 Å². The molecule has 4 nitrogen and oxygen atoms in total. The molecule has 0 saturated carbocycles. The predicted octanol–water partition coefficient (Wildman–Crippen LogP) is 2.78. The topological polar surface area (TPSA) is 56.7 Å². The summed E-state index contributed by atoms with van der Waals surface area (Å²) in [6.45, 7) is 6.32. The van der Waals surface area contributed by atoms with E-state index in [1.807, 2.05) is 4.68 Å². The molecule has 4 heteroatoms. The Morgan fingerprint density at radius 2 is 1.94 bits per heavy atom. The average molecular weight is 252 g/mol. The van der Waals surface area contributed by atoms with Gasteiger partial charge in [-0.25, -0.2) is 0 Å². The van der Waals surface area contributed by atoms with Gasteiger partial charge in [-0.3, -0.25) is 4.68 Å². The molecule has 0 fully saturated rings. The van der Waals surface area contributed by atoms with Gasteiger partial charge in [0.15, 0.2) is 0 Å². The first-order valence-corrected chi connectivity index (χ1v) is 7.31. The van der Waals surface area contributed by atoms with Crippen LogP contribution >= 0.6 is 0 Å². The lowest BCUT2D eigenvalue weighted by Crippen LogP contribution is -2.00. The molecule has 0 aliphatic carbocycles. The summed E-state index contributed by atoms with van der Waals surface area (Å²) < 4.78 is 1.98. The number of rotatable bonds is 10. The quantitative estimate of drug-likeness (QED) is 0.651. The van der Waals surface area contributed by atoms with Gasteiger partial charge < -0.3 is 5.73 Å². The molecule has 0 atom stereocenters. The van der Waals surface area contributed by atoms with Crippen molar-refractivity contribution in [2.24, 2.45) is 11.7 Å². The average Bonchev–Trinajstić information content (AvgIpc) is 2.76. The third-order valence-electron chi connectivity index (χ3n) is 3.14. The molecule has 0 aliphatic rings. The van der Waals surface area contributed by atoms with E-state index < -0.39 is 0 Å². The number of hydrogen-bond acceptors (Lipinski definition) is 3. The Kier molecular flexibility index (Phi) is 7.65. The van der Waals surface area contributed by atoms with Gasteiger partial charge >= 0.3 is 0 Å². The maximum atomic E-state index is 5.47. The molecule has 0 bridgehead atoms. The van der Waals surface area contributed by atoms with Crippen molar-refractivity contribution in [1.82, 2.24) is 15.0 Å². The Bertz CT molecular complexity index is 306. The molecule has 1 heterocycles. The second kappa shape index (κ2) is 9.09. The Balaban J connectivity index is 2.13. The lowest BCUT2D eigenvalue weighted by molar-refractivity contribution is 0.524. The zero-order valence-corrected chi connectivity index (χ0v) is 11.9. The summed E-state index contributed by atoms with van der Waals surface area (Å²) in [6, 6.07) is 0. The number of hydrogen-bond donors (Lipinski definition) is 1. The SMILES string of the molecule is CC(C)CCCc1cn(CCCCCCN)nn1. The summed E-state index contributed by atoms with van der Waals surface area (Å²) in [7, 11) is 0. The minimum atomic E-state index is 0.780. The van der Waals surface area contributed by atoms with Crippen LogP contribution in [0.3, 0.4) is 0 Å². The van der Waals surface area contributed by atoms with Crippen molar-refractivity contribution >= 4 is 0 Å². The van der Waals surface area contributed by atoms with Crippen molar-refractivity contribution in [3.8, 4) is 0 Å². The van der Waals surface area contributed by atoms with Crippen LogP contribution in [0.5, 0.6) is 0 Å². The van der Waals surface area contributed by atoms with Crippen LogP contribution in [0.4, 0.5) is 0 Å². The minimum Gasteiger partial charge on any atom is -0.330 e. The van der Waals surface area contributed by atoms with E-state index in [-0.39, 0.29) is 0 Å². The smallest absolute Gasteiger partial charge is 0.0827 e. The second-order valence-corrected chi connectivity index (χ2v) is 5.46. The maximum Gasteiger partial charge on any atom is 0.0827 e. The summed E-state index contributed by atoms with van der Waals surface area (Å²) in [6.07, 6.45) is 10.4. The van der Waals surface area contributed by atoms with Gasteiger partial charge in [-0.1, -0.05) is 38.3 Å². The molecular formula is C14H28N4. The minimum absolute atomic E-state index is 0.780. The Morgan fingerprint density at radius 1 is 1.17 bits per heavy atom. The van der Waals surface area contributed by atoms with Crippen LogP contribution in [0.2, 0.25) is 0 Å². The lowest BCUT2D eigenvalue weighted by atomic mass is 10.1. The van der Waals surface area contributed by atoms with Crippen molar-refractivity contribution in [2.75, 3.05) is 6.54 Å². The highest BCUT2D eigenvalue weighted by molar-refractivity contribution is 4.92. The van der Waals surface area contributed by atoms with E-state index in [1.165, 1.54) is 32.1 Å². The highest BCUT2D eigenvalue weighted by Gasteiger charge is 2.01. The largest absolute Gasteiger partial charge is 0.330 e. The van der Waals surface area contributed by atoms with Crippen LogP contribution in [0.1, 0.15) is 58.1 Å². The van der Waals surface area contributed by atoms with Gasteiger partial charge in [-0.2, -0.15) is 0 Å². The van der Waals surface area contributed by atoms with Gasteiger partial charge in [0.2, 0.25) is 0 Å². The van der Waals surface area contributed by atoms with Crippen molar-refractivity contribution in [1.29, 1.82) is 0 Å². The van der Waals surface area contributed by atoms with E-state index in [9.17, 15) is 0 Å². The van der Waals surface area contributed by atoms with E-state index in [0.29, 0.717) is 0 Å². The second-order valence-electron chi connectivity index (χ2n) is 5.46. The van der Waals surface area contributed by atoms with Crippen molar-refractivity contribution in [2.45, 2.75) is 65.3 Å². The Morgan fingerprint density at radius 3 is 2.67 bits per heavy atom. The van der Waals surface area contributed by atoms with Crippen LogP contribution in [-0.2, 0) is 13.0 Å². The molecule has 0 radical (unpaired) electrons. The lowest BCUT2D eigenvalue weighted by Gasteiger charge is -2.01. The summed E-state index contributed by atoms with van der Waals surface area (Å²) in [4.78, 5) is 0. The molecule has 0 amide bonds. The number of unbranched alkanes of at least 4 members (excludes halogenated alkanes) is 3. The predicted molar refractivity (Wildman–Crippen MR) is 75.3 cm³/mol. The fourth-order valence-electron chi connectivity index (χ4n) is 2.03. The van der Waals surface area contributed by atoms with Crippen molar-refractivity contribution in [3.05, 3.63) is 11.9 Å². The first-order valence-electron chi connectivity index (χ1n) is 7.31. The van der Waals surface area contributed by atoms with E-state index in [1.54, 1.807) is 0 Å². The number of nitrogens with two attached hydrogens (primary N) is 1. The molecule has 1 rings (SSSR count). The monoisotopic (exact) mass is 252 g/mol. The van der Waals surface area contributed by atoms with Gasteiger partial charge in [0.1, 0.15) is 0 Å². The van der Waals surface area contributed by atoms with Crippen LogP contribution in [0.15, 0.2) is 6.20 Å². The zero-order valence-electron chi connectivity index (χ0n) is 11.9. The third kappa shape index (κ3) is 6.74. The van der Waals surface area contributed by atoms with E-state index in [2.05, 4.69) is 30.4 Å². The molecule has 0 aliphatic heterocycles. The van der Waals surface area contributed by atoms with Crippen LogP contribution < -0.4 is 5.73 Å². The summed E-state index contributed by atoms with van der Waals surface area (Å²) in [5, 5.41) is 8.39. The van der Waals surface area contributed by atoms with Crippen molar-refractivity contribution < 1.29 is 0 Å². The zero-order chi connectivity index (χ0) is 13.2. The standard InChI is InChI=1S/C14H28N4/c1-13(2)8-7-9-14-12-18(17-16-14)11-6-4-3-5-10-15/h12-13H,3-11,15H2,1-2H3. The molecule has 0 saturated heterocycles. The molecule has 1 aromatic rings. The highest BCUT2D eigenvalue weighted by Crippen LogP contribution is 2.08. The fourth-order valence-corrected chi connectivity index (χ4v) is 2.03. The van der Waals surface area contributed by atoms with Gasteiger partial charge in [-0.15, -0.1) is 5.10 Å². The number of nitrogens with zero attached hydrogens (tertiary/aromatic N) is 3. The number of aromatic nitrogens is 3. The first-order chi connectivity index (χ1) is 8.72. The van der Waals surface area contributed by atoms with Gasteiger partial charge in [0.25, 0.3) is 0 Å². The van der Waals surface area contributed by atoms with E-state index in [0.717, 1.165) is 37.5 Å². The molecule has 104 valence electrons. The van der Waals surface area contributed by atoms with Gasteiger partial charge in [0.05, 0.1) is 5.69 Å². The summed E-state index contributed by atoms with van der Waals surface area (Å²) in [5.74, 6) is 0.780. The first kappa shape index (κ1) is 15.2. The van der Waals surface area contributed by atoms with E-state index in [4.69, 9.17) is 5.73 Å².